The lowest BCUT2D eigenvalue weighted by Gasteiger charge is -2.24. The van der Waals surface area contributed by atoms with Crippen LogP contribution in [0.2, 0.25) is 0 Å². The Balaban J connectivity index is 3.85. The molecular weight excluding hydrogens is 205 g/mol. The number of nitrogens with one attached hydrogen (secondary N) is 1. The molecule has 1 atom stereocenters. The van der Waals surface area contributed by atoms with Gasteiger partial charge in [0.05, 0.1) is 6.54 Å². The first kappa shape index (κ1) is 14.7. The minimum atomic E-state index is -4.10. The summed E-state index contributed by atoms with van der Waals surface area (Å²) in [5.41, 5.74) is 0. The molecule has 0 fully saturated rings. The van der Waals surface area contributed by atoms with E-state index in [4.69, 9.17) is 0 Å². The van der Waals surface area contributed by atoms with Crippen LogP contribution in [-0.4, -0.2) is 43.8 Å². The Kier molecular flexibility index (Phi) is 6.92. The molecule has 15 heavy (non-hydrogen) atoms. The maximum atomic E-state index is 12.1. The molecule has 0 saturated heterocycles. The van der Waals surface area contributed by atoms with E-state index in [1.54, 1.807) is 0 Å². The van der Waals surface area contributed by atoms with E-state index >= 15 is 0 Å². The summed E-state index contributed by atoms with van der Waals surface area (Å²) in [6, 6.07) is 0.150. The summed E-state index contributed by atoms with van der Waals surface area (Å²) in [6.07, 6.45) is -2.25. The molecule has 0 aromatic carbocycles. The van der Waals surface area contributed by atoms with Gasteiger partial charge in [-0.25, -0.2) is 0 Å². The summed E-state index contributed by atoms with van der Waals surface area (Å²) >= 11 is 0. The molecule has 0 aliphatic carbocycles. The number of alkyl halides is 3. The summed E-state index contributed by atoms with van der Waals surface area (Å²) in [4.78, 5) is 1.32. The molecule has 0 aromatic heterocycles. The van der Waals surface area contributed by atoms with E-state index in [1.807, 2.05) is 13.8 Å². The van der Waals surface area contributed by atoms with Crippen molar-refractivity contribution in [3.8, 4) is 0 Å². The molecule has 0 rings (SSSR count). The third-order valence-corrected chi connectivity index (χ3v) is 2.16. The molecule has 1 unspecified atom stereocenters. The molecule has 92 valence electrons. The van der Waals surface area contributed by atoms with Gasteiger partial charge >= 0.3 is 6.18 Å². The van der Waals surface area contributed by atoms with E-state index in [2.05, 4.69) is 5.32 Å². The number of nitrogens with zero attached hydrogens (tertiary/aromatic N) is 1. The molecule has 0 radical (unpaired) electrons. The Morgan fingerprint density at radius 2 is 1.87 bits per heavy atom. The molecule has 0 aliphatic rings. The maximum absolute atomic E-state index is 12.1. The van der Waals surface area contributed by atoms with E-state index in [1.165, 1.54) is 11.9 Å². The largest absolute Gasteiger partial charge is 0.401 e. The first-order valence-corrected chi connectivity index (χ1v) is 5.37. The van der Waals surface area contributed by atoms with Gasteiger partial charge in [0.2, 0.25) is 0 Å². The Morgan fingerprint density at radius 1 is 1.27 bits per heavy atom. The fraction of sp³-hybridized carbons (Fsp3) is 1.00. The van der Waals surface area contributed by atoms with Crippen molar-refractivity contribution in [1.82, 2.24) is 10.2 Å². The van der Waals surface area contributed by atoms with Crippen LogP contribution in [0.1, 0.15) is 26.7 Å². The first-order valence-electron chi connectivity index (χ1n) is 5.37. The van der Waals surface area contributed by atoms with Crippen molar-refractivity contribution in [3.05, 3.63) is 0 Å². The van der Waals surface area contributed by atoms with Gasteiger partial charge in [0, 0.05) is 12.6 Å². The van der Waals surface area contributed by atoms with Crippen LogP contribution < -0.4 is 5.32 Å². The SMILES string of the molecule is CCCNC(CC)CN(C)CC(F)(F)F. The minimum absolute atomic E-state index is 0.150. The van der Waals surface area contributed by atoms with Crippen LogP contribution in [0.4, 0.5) is 13.2 Å². The molecule has 0 amide bonds. The Bertz CT molecular complexity index is 159. The van der Waals surface area contributed by atoms with Gasteiger partial charge < -0.3 is 5.32 Å². The predicted molar refractivity (Wildman–Crippen MR) is 55.9 cm³/mol. The van der Waals surface area contributed by atoms with Crippen molar-refractivity contribution in [2.45, 2.75) is 38.9 Å². The molecule has 0 saturated carbocycles. The summed E-state index contributed by atoms with van der Waals surface area (Å²) < 4.78 is 36.2. The molecule has 2 nitrogen and oxygen atoms in total. The highest BCUT2D eigenvalue weighted by Gasteiger charge is 2.29. The summed E-state index contributed by atoms with van der Waals surface area (Å²) in [6.45, 7) is 4.49. The van der Waals surface area contributed by atoms with Crippen LogP contribution in [0.15, 0.2) is 0 Å². The highest BCUT2D eigenvalue weighted by atomic mass is 19.4. The van der Waals surface area contributed by atoms with Gasteiger partial charge in [-0.05, 0) is 26.4 Å². The van der Waals surface area contributed by atoms with Crippen LogP contribution in [0.25, 0.3) is 0 Å². The second-order valence-electron chi connectivity index (χ2n) is 3.87. The molecule has 1 N–H and O–H groups in total. The van der Waals surface area contributed by atoms with E-state index < -0.39 is 12.7 Å². The van der Waals surface area contributed by atoms with Gasteiger partial charge in [-0.15, -0.1) is 0 Å². The Labute approximate surface area is 89.8 Å². The predicted octanol–water partition coefficient (Wildman–Crippen LogP) is 2.26. The van der Waals surface area contributed by atoms with Crippen LogP contribution in [-0.2, 0) is 0 Å². The monoisotopic (exact) mass is 226 g/mol. The highest BCUT2D eigenvalue weighted by Crippen LogP contribution is 2.15. The lowest BCUT2D eigenvalue weighted by atomic mass is 10.2. The normalized spacial score (nSPS) is 14.6. The second-order valence-corrected chi connectivity index (χ2v) is 3.87. The highest BCUT2D eigenvalue weighted by molar-refractivity contribution is 4.70. The fourth-order valence-electron chi connectivity index (χ4n) is 1.43. The lowest BCUT2D eigenvalue weighted by Crippen LogP contribution is -2.42. The van der Waals surface area contributed by atoms with Crippen LogP contribution in [0, 0.1) is 0 Å². The van der Waals surface area contributed by atoms with Crippen molar-refractivity contribution in [2.24, 2.45) is 0 Å². The summed E-state index contributed by atoms with van der Waals surface area (Å²) in [7, 11) is 1.50. The Morgan fingerprint density at radius 3 is 2.27 bits per heavy atom. The average Bonchev–Trinajstić information content (AvgIpc) is 2.09. The third kappa shape index (κ3) is 8.69. The van der Waals surface area contributed by atoms with Gasteiger partial charge in [-0.2, -0.15) is 13.2 Å². The van der Waals surface area contributed by atoms with Crippen molar-refractivity contribution in [2.75, 3.05) is 26.7 Å². The molecule has 0 spiro atoms. The van der Waals surface area contributed by atoms with E-state index in [9.17, 15) is 13.2 Å². The van der Waals surface area contributed by atoms with Gasteiger partial charge in [-0.3, -0.25) is 4.90 Å². The number of rotatable bonds is 7. The first-order chi connectivity index (χ1) is 6.89. The number of halogens is 3. The van der Waals surface area contributed by atoms with Crippen LogP contribution in [0.3, 0.4) is 0 Å². The topological polar surface area (TPSA) is 15.3 Å². The van der Waals surface area contributed by atoms with Gasteiger partial charge in [0.15, 0.2) is 0 Å². The zero-order valence-corrected chi connectivity index (χ0v) is 9.69. The molecule has 0 heterocycles. The molecule has 0 bridgehead atoms. The zero-order chi connectivity index (χ0) is 11.9. The lowest BCUT2D eigenvalue weighted by molar-refractivity contribution is -0.143. The van der Waals surface area contributed by atoms with Crippen molar-refractivity contribution >= 4 is 0 Å². The smallest absolute Gasteiger partial charge is 0.313 e. The van der Waals surface area contributed by atoms with Gasteiger partial charge in [-0.1, -0.05) is 13.8 Å². The Hall–Kier alpha value is -0.290. The fourth-order valence-corrected chi connectivity index (χ4v) is 1.43. The zero-order valence-electron chi connectivity index (χ0n) is 9.69. The number of hydrogen-bond acceptors (Lipinski definition) is 2. The number of likely N-dealkylation sites (N-methyl/N-ethyl adjacent to an activating group) is 1. The van der Waals surface area contributed by atoms with Crippen molar-refractivity contribution in [1.29, 1.82) is 0 Å². The summed E-state index contributed by atoms with van der Waals surface area (Å²) in [5, 5.41) is 3.23. The van der Waals surface area contributed by atoms with E-state index in [0.29, 0.717) is 6.54 Å². The average molecular weight is 226 g/mol. The quantitative estimate of drug-likeness (QED) is 0.716. The van der Waals surface area contributed by atoms with E-state index in [0.717, 1.165) is 19.4 Å². The summed E-state index contributed by atoms with van der Waals surface area (Å²) in [5.74, 6) is 0. The minimum Gasteiger partial charge on any atom is -0.313 e. The second kappa shape index (κ2) is 7.06. The third-order valence-electron chi connectivity index (χ3n) is 2.16. The molecule has 5 heteroatoms. The van der Waals surface area contributed by atoms with Crippen molar-refractivity contribution < 1.29 is 13.2 Å². The number of hydrogen-bond donors (Lipinski definition) is 1. The molecule has 0 aliphatic heterocycles. The standard InChI is InChI=1S/C10H21F3N2/c1-4-6-14-9(5-2)7-15(3)8-10(11,12)13/h9,14H,4-8H2,1-3H3. The molecular formula is C10H21F3N2. The van der Waals surface area contributed by atoms with Crippen LogP contribution >= 0.6 is 0 Å². The van der Waals surface area contributed by atoms with E-state index in [-0.39, 0.29) is 6.04 Å². The maximum Gasteiger partial charge on any atom is 0.401 e. The van der Waals surface area contributed by atoms with Crippen LogP contribution in [0.5, 0.6) is 0 Å². The van der Waals surface area contributed by atoms with Gasteiger partial charge in [0.25, 0.3) is 0 Å². The van der Waals surface area contributed by atoms with Gasteiger partial charge in [0.1, 0.15) is 0 Å². The van der Waals surface area contributed by atoms with Crippen molar-refractivity contribution in [3.63, 3.8) is 0 Å². The molecule has 0 aromatic rings.